The van der Waals surface area contributed by atoms with Crippen LogP contribution in [0.25, 0.3) is 11.0 Å². The molecule has 2 aliphatic carbocycles. The van der Waals surface area contributed by atoms with Gasteiger partial charge in [0.25, 0.3) is 0 Å². The van der Waals surface area contributed by atoms with Gasteiger partial charge in [-0.25, -0.2) is 9.37 Å². The molecule has 1 N–H and O–H groups in total. The second-order valence-electron chi connectivity index (χ2n) is 5.41. The Kier molecular flexibility index (Phi) is 1.81. The van der Waals surface area contributed by atoms with Gasteiger partial charge in [-0.3, -0.25) is 4.79 Å². The summed E-state index contributed by atoms with van der Waals surface area (Å²) in [6, 6.07) is 3.88. The van der Waals surface area contributed by atoms with Gasteiger partial charge in [0.1, 0.15) is 17.6 Å². The zero-order chi connectivity index (χ0) is 12.3. The highest BCUT2D eigenvalue weighted by molar-refractivity contribution is 5.94. The van der Waals surface area contributed by atoms with Crippen LogP contribution in [-0.2, 0) is 17.6 Å². The molecule has 0 saturated heterocycles. The van der Waals surface area contributed by atoms with Crippen LogP contribution in [0.15, 0.2) is 18.3 Å². The van der Waals surface area contributed by atoms with Crippen molar-refractivity contribution in [2.24, 2.45) is 5.41 Å². The van der Waals surface area contributed by atoms with E-state index < -0.39 is 11.6 Å². The van der Waals surface area contributed by atoms with E-state index in [9.17, 15) is 9.18 Å². The number of aryl methyl sites for hydroxylation is 1. The van der Waals surface area contributed by atoms with Gasteiger partial charge >= 0.3 is 0 Å². The number of alkyl halides is 1. The van der Waals surface area contributed by atoms with Crippen LogP contribution in [0.3, 0.4) is 0 Å². The summed E-state index contributed by atoms with van der Waals surface area (Å²) in [6.07, 6.45) is 2.81. The molecule has 0 bridgehead atoms. The molecule has 2 aliphatic rings. The number of nitrogens with one attached hydrogen (secondary N) is 1. The van der Waals surface area contributed by atoms with Crippen molar-refractivity contribution < 1.29 is 9.18 Å². The molecule has 2 aromatic rings. The van der Waals surface area contributed by atoms with Gasteiger partial charge in [-0.2, -0.15) is 0 Å². The number of fused-ring (bicyclic) bond motifs is 3. The number of rotatable bonds is 0. The van der Waals surface area contributed by atoms with Crippen molar-refractivity contribution in [3.05, 3.63) is 29.6 Å². The monoisotopic (exact) mass is 244 g/mol. The summed E-state index contributed by atoms with van der Waals surface area (Å²) < 4.78 is 13.9. The van der Waals surface area contributed by atoms with E-state index in [1.807, 2.05) is 12.1 Å². The Labute approximate surface area is 103 Å². The molecule has 2 atom stereocenters. The van der Waals surface area contributed by atoms with Gasteiger partial charge in [0.2, 0.25) is 0 Å². The van der Waals surface area contributed by atoms with Crippen LogP contribution in [0.5, 0.6) is 0 Å². The van der Waals surface area contributed by atoms with E-state index in [0.717, 1.165) is 28.7 Å². The molecule has 3 nitrogen and oxygen atoms in total. The highest BCUT2D eigenvalue weighted by atomic mass is 19.1. The van der Waals surface area contributed by atoms with Gasteiger partial charge < -0.3 is 4.98 Å². The zero-order valence-electron chi connectivity index (χ0n) is 9.87. The minimum absolute atomic E-state index is 0.0962. The number of aromatic amines is 1. The standard InChI is InChI=1S/C14H13FN2O/c15-11-6-12(18)14(11)4-3-10-9(7-14)8-2-1-5-16-13(8)17-10/h1-2,5,11H,3-4,6-7H2,(H,16,17). The highest BCUT2D eigenvalue weighted by Gasteiger charge is 2.56. The van der Waals surface area contributed by atoms with Gasteiger partial charge in [-0.15, -0.1) is 0 Å². The second kappa shape index (κ2) is 3.19. The molecule has 4 heteroatoms. The van der Waals surface area contributed by atoms with Crippen LogP contribution >= 0.6 is 0 Å². The molecule has 2 aromatic heterocycles. The van der Waals surface area contributed by atoms with Crippen LogP contribution < -0.4 is 0 Å². The number of nitrogens with zero attached hydrogens (tertiary/aromatic N) is 1. The lowest BCUT2D eigenvalue weighted by molar-refractivity contribution is -0.149. The van der Waals surface area contributed by atoms with Gasteiger partial charge in [-0.05, 0) is 37.0 Å². The molecule has 2 unspecified atom stereocenters. The number of carbonyl (C=O) groups excluding carboxylic acids is 1. The summed E-state index contributed by atoms with van der Waals surface area (Å²) >= 11 is 0. The molecule has 1 fully saturated rings. The Balaban J connectivity index is 1.87. The summed E-state index contributed by atoms with van der Waals surface area (Å²) in [5.41, 5.74) is 2.35. The number of pyridine rings is 1. The largest absolute Gasteiger partial charge is 0.343 e. The SMILES string of the molecule is O=C1CC(F)C12CCc1[nH]c3ncccc3c1C2. The fourth-order valence-corrected chi connectivity index (χ4v) is 3.41. The Bertz CT molecular complexity index is 663. The van der Waals surface area contributed by atoms with Crippen molar-refractivity contribution in [1.29, 1.82) is 0 Å². The van der Waals surface area contributed by atoms with E-state index in [0.29, 0.717) is 12.8 Å². The second-order valence-corrected chi connectivity index (χ2v) is 5.41. The number of H-pyrrole nitrogens is 1. The Morgan fingerprint density at radius 3 is 3.17 bits per heavy atom. The molecule has 0 aliphatic heterocycles. The minimum Gasteiger partial charge on any atom is -0.343 e. The van der Waals surface area contributed by atoms with Crippen LogP contribution in [-0.4, -0.2) is 21.9 Å². The molecule has 0 amide bonds. The summed E-state index contributed by atoms with van der Waals surface area (Å²) in [6.45, 7) is 0. The molecule has 18 heavy (non-hydrogen) atoms. The van der Waals surface area contributed by atoms with E-state index in [1.54, 1.807) is 6.20 Å². The topological polar surface area (TPSA) is 45.8 Å². The van der Waals surface area contributed by atoms with Crippen LogP contribution in [0, 0.1) is 5.41 Å². The smallest absolute Gasteiger partial charge is 0.145 e. The first-order valence-corrected chi connectivity index (χ1v) is 6.32. The van der Waals surface area contributed by atoms with Gasteiger partial charge in [-0.1, -0.05) is 0 Å². The summed E-state index contributed by atoms with van der Waals surface area (Å²) in [5.74, 6) is 0.0962. The average molecular weight is 244 g/mol. The van der Waals surface area contributed by atoms with Crippen LogP contribution in [0.4, 0.5) is 4.39 Å². The van der Waals surface area contributed by atoms with Gasteiger partial charge in [0, 0.05) is 23.7 Å². The van der Waals surface area contributed by atoms with Crippen molar-refractivity contribution in [3.63, 3.8) is 0 Å². The van der Waals surface area contributed by atoms with E-state index in [1.165, 1.54) is 0 Å². The number of Topliss-reactive ketones (excluding diaryl/α,β-unsaturated/α-hetero) is 1. The first-order chi connectivity index (χ1) is 8.71. The molecular formula is C14H13FN2O. The van der Waals surface area contributed by atoms with Crippen molar-refractivity contribution in [3.8, 4) is 0 Å². The minimum atomic E-state index is -0.959. The van der Waals surface area contributed by atoms with Crippen molar-refractivity contribution in [2.45, 2.75) is 31.9 Å². The molecule has 2 heterocycles. The predicted molar refractivity (Wildman–Crippen MR) is 65.1 cm³/mol. The first-order valence-electron chi connectivity index (χ1n) is 6.32. The fourth-order valence-electron chi connectivity index (χ4n) is 3.41. The van der Waals surface area contributed by atoms with Crippen molar-refractivity contribution in [2.75, 3.05) is 0 Å². The Morgan fingerprint density at radius 2 is 2.39 bits per heavy atom. The molecule has 4 rings (SSSR count). The maximum atomic E-state index is 13.9. The predicted octanol–water partition coefficient (Wildman–Crippen LogP) is 2.35. The fraction of sp³-hybridized carbons (Fsp3) is 0.429. The maximum Gasteiger partial charge on any atom is 0.145 e. The number of hydrogen-bond acceptors (Lipinski definition) is 2. The molecule has 92 valence electrons. The van der Waals surface area contributed by atoms with Gasteiger partial charge in [0.05, 0.1) is 5.41 Å². The summed E-state index contributed by atoms with van der Waals surface area (Å²) in [5, 5.41) is 1.04. The van der Waals surface area contributed by atoms with Crippen molar-refractivity contribution >= 4 is 16.8 Å². The third-order valence-electron chi connectivity index (χ3n) is 4.60. The molecule has 1 spiro atoms. The molecule has 1 saturated carbocycles. The molecular weight excluding hydrogens is 231 g/mol. The number of ketones is 1. The number of halogens is 1. The van der Waals surface area contributed by atoms with Gasteiger partial charge in [0.15, 0.2) is 0 Å². The zero-order valence-corrected chi connectivity index (χ0v) is 9.87. The quantitative estimate of drug-likeness (QED) is 0.773. The Morgan fingerprint density at radius 1 is 1.50 bits per heavy atom. The Hall–Kier alpha value is -1.71. The third-order valence-corrected chi connectivity index (χ3v) is 4.60. The summed E-state index contributed by atoms with van der Waals surface area (Å²) in [4.78, 5) is 19.4. The number of carbonyl (C=O) groups is 1. The third kappa shape index (κ3) is 1.08. The number of aromatic nitrogens is 2. The van der Waals surface area contributed by atoms with E-state index in [4.69, 9.17) is 0 Å². The molecule has 0 radical (unpaired) electrons. The molecule has 0 aromatic carbocycles. The van der Waals surface area contributed by atoms with Crippen LogP contribution in [0.1, 0.15) is 24.1 Å². The maximum absolute atomic E-state index is 13.9. The highest BCUT2D eigenvalue weighted by Crippen LogP contribution is 2.50. The lowest BCUT2D eigenvalue weighted by atomic mass is 9.58. The number of hydrogen-bond donors (Lipinski definition) is 1. The summed E-state index contributed by atoms with van der Waals surface area (Å²) in [7, 11) is 0. The van der Waals surface area contributed by atoms with E-state index >= 15 is 0 Å². The average Bonchev–Trinajstić information content (AvgIpc) is 2.76. The lowest BCUT2D eigenvalue weighted by Crippen LogP contribution is -2.54. The lowest BCUT2D eigenvalue weighted by Gasteiger charge is -2.45. The van der Waals surface area contributed by atoms with E-state index in [-0.39, 0.29) is 12.2 Å². The normalized spacial score (nSPS) is 30.5. The van der Waals surface area contributed by atoms with Crippen LogP contribution in [0.2, 0.25) is 0 Å². The van der Waals surface area contributed by atoms with E-state index in [2.05, 4.69) is 9.97 Å². The first kappa shape index (κ1) is 10.2. The van der Waals surface area contributed by atoms with Crippen molar-refractivity contribution in [1.82, 2.24) is 9.97 Å².